The number of benzene rings is 1. The summed E-state index contributed by atoms with van der Waals surface area (Å²) in [7, 11) is 1.61. The van der Waals surface area contributed by atoms with E-state index in [9.17, 15) is 4.79 Å². The lowest BCUT2D eigenvalue weighted by Crippen LogP contribution is -2.40. The molecule has 1 unspecified atom stereocenters. The number of carbonyl (C=O) groups excluding carboxylic acids is 1. The number of hydrogen-bond donors (Lipinski definition) is 1. The van der Waals surface area contributed by atoms with Crippen LogP contribution >= 0.6 is 0 Å². The molecule has 1 aliphatic carbocycles. The molecule has 2 amide bonds. The smallest absolute Gasteiger partial charge is 0.322 e. The summed E-state index contributed by atoms with van der Waals surface area (Å²) >= 11 is 0. The standard InChI is InChI=1S/C16H22N2O3/c1-20-15-5-3-2-4-14(15)17-16(19)18(13-6-7-13)10-12-8-9-21-11-12/h2-5,12-13H,6-11H2,1H3,(H,17,19). The highest BCUT2D eigenvalue weighted by atomic mass is 16.5. The summed E-state index contributed by atoms with van der Waals surface area (Å²) in [5.41, 5.74) is 0.721. The summed E-state index contributed by atoms with van der Waals surface area (Å²) in [6.07, 6.45) is 3.25. The molecule has 5 nitrogen and oxygen atoms in total. The minimum absolute atomic E-state index is 0.0334. The van der Waals surface area contributed by atoms with E-state index >= 15 is 0 Å². The van der Waals surface area contributed by atoms with Crippen molar-refractivity contribution in [3.8, 4) is 5.75 Å². The summed E-state index contributed by atoms with van der Waals surface area (Å²) in [4.78, 5) is 14.5. The quantitative estimate of drug-likeness (QED) is 0.907. The zero-order valence-electron chi connectivity index (χ0n) is 12.4. The number of ether oxygens (including phenoxy) is 2. The summed E-state index contributed by atoms with van der Waals surface area (Å²) in [6.45, 7) is 2.37. The van der Waals surface area contributed by atoms with Crippen molar-refractivity contribution >= 4 is 11.7 Å². The van der Waals surface area contributed by atoms with E-state index in [1.165, 1.54) is 0 Å². The molecule has 0 aromatic heterocycles. The first-order valence-electron chi connectivity index (χ1n) is 7.56. The van der Waals surface area contributed by atoms with Crippen LogP contribution in [0.2, 0.25) is 0 Å². The van der Waals surface area contributed by atoms with Crippen molar-refractivity contribution in [1.82, 2.24) is 4.90 Å². The first-order chi connectivity index (χ1) is 10.3. The van der Waals surface area contributed by atoms with Crippen LogP contribution in [-0.2, 0) is 4.74 Å². The van der Waals surface area contributed by atoms with Crippen LogP contribution in [0.4, 0.5) is 10.5 Å². The Balaban J connectivity index is 1.66. The van der Waals surface area contributed by atoms with E-state index in [1.807, 2.05) is 29.2 Å². The number of nitrogens with one attached hydrogen (secondary N) is 1. The summed E-state index contributed by atoms with van der Waals surface area (Å²) in [5, 5.41) is 2.98. The highest BCUT2D eigenvalue weighted by molar-refractivity contribution is 5.91. The lowest BCUT2D eigenvalue weighted by molar-refractivity contribution is 0.167. The molecule has 2 fully saturated rings. The summed E-state index contributed by atoms with van der Waals surface area (Å²) in [6, 6.07) is 7.85. The SMILES string of the molecule is COc1ccccc1NC(=O)N(CC1CCOC1)C1CC1. The minimum Gasteiger partial charge on any atom is -0.495 e. The summed E-state index contributed by atoms with van der Waals surface area (Å²) in [5.74, 6) is 1.15. The van der Waals surface area contributed by atoms with Gasteiger partial charge in [0.05, 0.1) is 19.4 Å². The number of hydrogen-bond acceptors (Lipinski definition) is 3. The monoisotopic (exact) mass is 290 g/mol. The lowest BCUT2D eigenvalue weighted by Gasteiger charge is -2.25. The van der Waals surface area contributed by atoms with Crippen molar-refractivity contribution in [3.63, 3.8) is 0 Å². The summed E-state index contributed by atoms with van der Waals surface area (Å²) < 4.78 is 10.7. The highest BCUT2D eigenvalue weighted by Crippen LogP contribution is 2.30. The number of nitrogens with zero attached hydrogens (tertiary/aromatic N) is 1. The van der Waals surface area contributed by atoms with Crippen LogP contribution in [0.3, 0.4) is 0 Å². The average Bonchev–Trinajstić information content (AvgIpc) is 3.21. The Hall–Kier alpha value is -1.75. The van der Waals surface area contributed by atoms with E-state index in [0.717, 1.165) is 44.7 Å². The third kappa shape index (κ3) is 3.47. The molecule has 114 valence electrons. The van der Waals surface area contributed by atoms with Crippen LogP contribution in [0, 0.1) is 5.92 Å². The molecule has 2 aliphatic rings. The average molecular weight is 290 g/mol. The van der Waals surface area contributed by atoms with Crippen LogP contribution < -0.4 is 10.1 Å². The van der Waals surface area contributed by atoms with Gasteiger partial charge >= 0.3 is 6.03 Å². The Labute approximate surface area is 125 Å². The predicted octanol–water partition coefficient (Wildman–Crippen LogP) is 2.73. The Morgan fingerprint density at radius 2 is 2.19 bits per heavy atom. The molecule has 3 rings (SSSR count). The fourth-order valence-electron chi connectivity index (χ4n) is 2.72. The largest absolute Gasteiger partial charge is 0.495 e. The molecule has 1 aromatic rings. The van der Waals surface area contributed by atoms with Crippen LogP contribution in [-0.4, -0.2) is 43.8 Å². The number of anilines is 1. The zero-order valence-corrected chi connectivity index (χ0v) is 12.4. The van der Waals surface area contributed by atoms with Gasteiger partial charge in [-0.05, 0) is 31.4 Å². The van der Waals surface area contributed by atoms with Crippen molar-refractivity contribution in [3.05, 3.63) is 24.3 Å². The molecule has 1 aromatic carbocycles. The topological polar surface area (TPSA) is 50.8 Å². The molecular formula is C16H22N2O3. The molecule has 1 aliphatic heterocycles. The molecule has 1 saturated heterocycles. The second kappa shape index (κ2) is 6.35. The van der Waals surface area contributed by atoms with Crippen molar-refractivity contribution in [2.24, 2.45) is 5.92 Å². The highest BCUT2D eigenvalue weighted by Gasteiger charge is 2.35. The van der Waals surface area contributed by atoms with Gasteiger partial charge in [-0.3, -0.25) is 0 Å². The van der Waals surface area contributed by atoms with Gasteiger partial charge in [-0.25, -0.2) is 4.79 Å². The van der Waals surface area contributed by atoms with E-state index < -0.39 is 0 Å². The maximum atomic E-state index is 12.6. The van der Waals surface area contributed by atoms with Crippen molar-refractivity contribution < 1.29 is 14.3 Å². The second-order valence-corrected chi connectivity index (χ2v) is 5.74. The van der Waals surface area contributed by atoms with E-state index in [-0.39, 0.29) is 6.03 Å². The van der Waals surface area contributed by atoms with Gasteiger partial charge in [0.25, 0.3) is 0 Å². The van der Waals surface area contributed by atoms with Crippen LogP contribution in [0.5, 0.6) is 5.75 Å². The Morgan fingerprint density at radius 3 is 2.86 bits per heavy atom. The first kappa shape index (κ1) is 14.2. The van der Waals surface area contributed by atoms with Crippen LogP contribution in [0.1, 0.15) is 19.3 Å². The van der Waals surface area contributed by atoms with Gasteiger partial charge in [0.15, 0.2) is 0 Å². The van der Waals surface area contributed by atoms with Crippen molar-refractivity contribution in [2.75, 3.05) is 32.2 Å². The second-order valence-electron chi connectivity index (χ2n) is 5.74. The van der Waals surface area contributed by atoms with E-state index in [1.54, 1.807) is 7.11 Å². The van der Waals surface area contributed by atoms with E-state index in [4.69, 9.17) is 9.47 Å². The number of rotatable bonds is 5. The van der Waals surface area contributed by atoms with Crippen molar-refractivity contribution in [1.29, 1.82) is 0 Å². The van der Waals surface area contributed by atoms with Crippen molar-refractivity contribution in [2.45, 2.75) is 25.3 Å². The normalized spacial score (nSPS) is 21.1. The van der Waals surface area contributed by atoms with E-state index in [0.29, 0.717) is 17.7 Å². The number of urea groups is 1. The molecular weight excluding hydrogens is 268 g/mol. The zero-order chi connectivity index (χ0) is 14.7. The maximum absolute atomic E-state index is 12.6. The fraction of sp³-hybridized carbons (Fsp3) is 0.562. The maximum Gasteiger partial charge on any atom is 0.322 e. The Morgan fingerprint density at radius 1 is 1.38 bits per heavy atom. The van der Waals surface area contributed by atoms with Crippen LogP contribution in [0.25, 0.3) is 0 Å². The van der Waals surface area contributed by atoms with E-state index in [2.05, 4.69) is 5.32 Å². The number of amides is 2. The Bertz CT molecular complexity index is 496. The number of methoxy groups -OCH3 is 1. The van der Waals surface area contributed by atoms with Gasteiger partial charge in [0.1, 0.15) is 5.75 Å². The molecule has 21 heavy (non-hydrogen) atoms. The predicted molar refractivity (Wildman–Crippen MR) is 80.7 cm³/mol. The van der Waals surface area contributed by atoms with Gasteiger partial charge in [0, 0.05) is 25.1 Å². The van der Waals surface area contributed by atoms with Gasteiger partial charge < -0.3 is 19.7 Å². The lowest BCUT2D eigenvalue weighted by atomic mass is 10.1. The third-order valence-corrected chi connectivity index (χ3v) is 4.08. The first-order valence-corrected chi connectivity index (χ1v) is 7.56. The van der Waals surface area contributed by atoms with Crippen LogP contribution in [0.15, 0.2) is 24.3 Å². The number of para-hydroxylation sites is 2. The molecule has 0 radical (unpaired) electrons. The van der Waals surface area contributed by atoms with Gasteiger partial charge in [-0.1, -0.05) is 12.1 Å². The third-order valence-electron chi connectivity index (χ3n) is 4.08. The molecule has 1 heterocycles. The molecule has 5 heteroatoms. The minimum atomic E-state index is -0.0334. The molecule has 1 N–H and O–H groups in total. The fourth-order valence-corrected chi connectivity index (χ4v) is 2.72. The van der Waals surface area contributed by atoms with Gasteiger partial charge in [0.2, 0.25) is 0 Å². The number of carbonyl (C=O) groups is 1. The molecule has 0 bridgehead atoms. The Kier molecular flexibility index (Phi) is 4.29. The van der Waals surface area contributed by atoms with Gasteiger partial charge in [-0.2, -0.15) is 0 Å². The molecule has 1 saturated carbocycles. The molecule has 1 atom stereocenters. The molecule has 0 spiro atoms. The van der Waals surface area contributed by atoms with Gasteiger partial charge in [-0.15, -0.1) is 0 Å².